The van der Waals surface area contributed by atoms with Gasteiger partial charge in [0.25, 0.3) is 0 Å². The summed E-state index contributed by atoms with van der Waals surface area (Å²) in [5.41, 5.74) is 0.888. The van der Waals surface area contributed by atoms with Crippen LogP contribution in [0.15, 0.2) is 30.0 Å². The number of carbonyl (C=O) groups is 1. The molecule has 0 aromatic heterocycles. The Bertz CT molecular complexity index is 872. The van der Waals surface area contributed by atoms with E-state index >= 15 is 0 Å². The molecule has 2 aromatic rings. The summed E-state index contributed by atoms with van der Waals surface area (Å²) in [6.45, 7) is 2.01. The van der Waals surface area contributed by atoms with Crippen LogP contribution < -0.4 is 10.1 Å². The number of benzene rings is 2. The number of carbonyl (C=O) groups excluding carboxylic acids is 1. The Morgan fingerprint density at radius 3 is 2.50 bits per heavy atom. The summed E-state index contributed by atoms with van der Waals surface area (Å²) >= 11 is 0. The number of anilines is 1. The number of phenols is 4. The zero-order valence-corrected chi connectivity index (χ0v) is 12.7. The quantitative estimate of drug-likeness (QED) is 0.333. The fourth-order valence-corrected chi connectivity index (χ4v) is 2.46. The minimum absolute atomic E-state index is 0.0507. The van der Waals surface area contributed by atoms with E-state index in [1.807, 2.05) is 0 Å². The van der Waals surface area contributed by atoms with E-state index in [1.54, 1.807) is 6.92 Å². The molecule has 0 unspecified atom stereocenters. The fraction of sp³-hybridized carbons (Fsp3) is 0.118. The van der Waals surface area contributed by atoms with Crippen LogP contribution in [-0.4, -0.2) is 32.8 Å². The number of nitrogens with one attached hydrogen (secondary N) is 1. The van der Waals surface area contributed by atoms with Crippen molar-refractivity contribution in [2.75, 3.05) is 11.9 Å². The molecule has 24 heavy (non-hydrogen) atoms. The number of hydrogen-bond donors (Lipinski definition) is 5. The van der Waals surface area contributed by atoms with Gasteiger partial charge in [0.05, 0.1) is 23.6 Å². The normalized spacial score (nSPS) is 14.5. The Kier molecular flexibility index (Phi) is 3.69. The van der Waals surface area contributed by atoms with Crippen molar-refractivity contribution in [3.05, 3.63) is 41.1 Å². The zero-order valence-electron chi connectivity index (χ0n) is 12.7. The minimum Gasteiger partial charge on any atom is -0.504 e. The molecule has 0 saturated heterocycles. The molecule has 0 aliphatic carbocycles. The number of aromatic hydroxyl groups is 4. The van der Waals surface area contributed by atoms with Gasteiger partial charge in [-0.2, -0.15) is 0 Å². The van der Waals surface area contributed by atoms with Crippen LogP contribution in [0, 0.1) is 0 Å². The van der Waals surface area contributed by atoms with Crippen LogP contribution in [-0.2, 0) is 0 Å². The van der Waals surface area contributed by atoms with Crippen LogP contribution in [0.1, 0.15) is 22.8 Å². The van der Waals surface area contributed by atoms with E-state index in [4.69, 9.17) is 4.74 Å². The predicted octanol–water partition coefficient (Wildman–Crippen LogP) is 2.56. The van der Waals surface area contributed by atoms with Gasteiger partial charge >= 0.3 is 0 Å². The topological polar surface area (TPSA) is 119 Å². The lowest BCUT2D eigenvalue weighted by Crippen LogP contribution is -1.99. The Labute approximate surface area is 137 Å². The fourth-order valence-electron chi connectivity index (χ4n) is 2.46. The lowest BCUT2D eigenvalue weighted by molar-refractivity contribution is 0.103. The third kappa shape index (κ3) is 2.45. The molecule has 0 fully saturated rings. The van der Waals surface area contributed by atoms with Crippen molar-refractivity contribution in [1.82, 2.24) is 0 Å². The van der Waals surface area contributed by atoms with Crippen molar-refractivity contribution in [2.45, 2.75) is 6.92 Å². The second-order valence-corrected chi connectivity index (χ2v) is 5.19. The molecule has 5 N–H and O–H groups in total. The molecule has 0 radical (unpaired) electrons. The maximum absolute atomic E-state index is 12.4. The van der Waals surface area contributed by atoms with Crippen molar-refractivity contribution in [2.24, 2.45) is 0 Å². The SMILES string of the molecule is CCOc1cc2c(c(O)c1O)C(=O)C(=Cc1ccc(O)c(O)c1)N2. The first-order chi connectivity index (χ1) is 11.4. The van der Waals surface area contributed by atoms with Crippen molar-refractivity contribution >= 4 is 17.5 Å². The van der Waals surface area contributed by atoms with Crippen LogP contribution in [0.25, 0.3) is 6.08 Å². The van der Waals surface area contributed by atoms with E-state index < -0.39 is 17.3 Å². The summed E-state index contributed by atoms with van der Waals surface area (Å²) in [4.78, 5) is 12.4. The highest BCUT2D eigenvalue weighted by Gasteiger charge is 2.31. The van der Waals surface area contributed by atoms with Gasteiger partial charge in [-0.15, -0.1) is 0 Å². The van der Waals surface area contributed by atoms with Crippen molar-refractivity contribution in [3.8, 4) is 28.7 Å². The van der Waals surface area contributed by atoms with Gasteiger partial charge in [-0.1, -0.05) is 6.07 Å². The highest BCUT2D eigenvalue weighted by molar-refractivity contribution is 6.22. The molecule has 3 rings (SSSR count). The van der Waals surface area contributed by atoms with Crippen LogP contribution >= 0.6 is 0 Å². The van der Waals surface area contributed by atoms with Gasteiger partial charge < -0.3 is 30.5 Å². The lowest BCUT2D eigenvalue weighted by Gasteiger charge is -2.09. The van der Waals surface area contributed by atoms with Crippen LogP contribution in [0.4, 0.5) is 5.69 Å². The molecule has 0 amide bonds. The molecule has 2 aromatic carbocycles. The van der Waals surface area contributed by atoms with Gasteiger partial charge in [0.2, 0.25) is 11.5 Å². The second kappa shape index (κ2) is 5.69. The molecular formula is C17H15NO6. The molecule has 7 heteroatoms. The van der Waals surface area contributed by atoms with E-state index in [-0.39, 0.29) is 35.1 Å². The van der Waals surface area contributed by atoms with Crippen LogP contribution in [0.2, 0.25) is 0 Å². The Morgan fingerprint density at radius 1 is 1.08 bits per heavy atom. The Morgan fingerprint density at radius 2 is 1.83 bits per heavy atom. The monoisotopic (exact) mass is 329 g/mol. The summed E-state index contributed by atoms with van der Waals surface area (Å²) in [6.07, 6.45) is 1.46. The highest BCUT2D eigenvalue weighted by atomic mass is 16.5. The Balaban J connectivity index is 2.02. The molecule has 0 spiro atoms. The smallest absolute Gasteiger partial charge is 0.215 e. The molecule has 1 aliphatic heterocycles. The molecule has 0 bridgehead atoms. The third-order valence-electron chi connectivity index (χ3n) is 3.59. The summed E-state index contributed by atoms with van der Waals surface area (Å²) in [5.74, 6) is -2.06. The van der Waals surface area contributed by atoms with Crippen LogP contribution in [0.5, 0.6) is 28.7 Å². The molecular weight excluding hydrogens is 314 g/mol. The van der Waals surface area contributed by atoms with E-state index in [0.29, 0.717) is 11.3 Å². The standard InChI is InChI=1S/C17H15NO6/c1-2-24-13-7-9-14(17(23)16(13)22)15(21)10(18-9)5-8-3-4-11(19)12(20)6-8/h3-7,18-20,22-23H,2H2,1H3. The zero-order chi connectivity index (χ0) is 17.4. The average Bonchev–Trinajstić information content (AvgIpc) is 2.84. The van der Waals surface area contributed by atoms with Crippen molar-refractivity contribution in [1.29, 1.82) is 0 Å². The number of hydrogen-bond acceptors (Lipinski definition) is 7. The van der Waals surface area contributed by atoms with E-state index in [0.717, 1.165) is 0 Å². The number of phenolic OH excluding ortho intramolecular Hbond substituents is 4. The number of allylic oxidation sites excluding steroid dienone is 1. The summed E-state index contributed by atoms with van der Waals surface area (Å²) in [5, 5.41) is 41.7. The lowest BCUT2D eigenvalue weighted by atomic mass is 10.1. The number of Topliss-reactive ketones (excluding diaryl/α,β-unsaturated/α-hetero) is 1. The van der Waals surface area contributed by atoms with Crippen molar-refractivity contribution < 1.29 is 30.0 Å². The molecule has 0 saturated carbocycles. The summed E-state index contributed by atoms with van der Waals surface area (Å²) < 4.78 is 5.22. The first-order valence-electron chi connectivity index (χ1n) is 7.19. The average molecular weight is 329 g/mol. The maximum atomic E-state index is 12.4. The molecule has 0 atom stereocenters. The first-order valence-corrected chi connectivity index (χ1v) is 7.19. The molecule has 1 heterocycles. The minimum atomic E-state index is -0.551. The van der Waals surface area contributed by atoms with Gasteiger partial charge in [0, 0.05) is 6.07 Å². The van der Waals surface area contributed by atoms with E-state index in [2.05, 4.69) is 5.32 Å². The van der Waals surface area contributed by atoms with Gasteiger partial charge in [-0.05, 0) is 30.7 Å². The number of ether oxygens (including phenoxy) is 1. The summed E-state index contributed by atoms with van der Waals surface area (Å²) in [7, 11) is 0. The van der Waals surface area contributed by atoms with Gasteiger partial charge in [-0.25, -0.2) is 0 Å². The molecule has 1 aliphatic rings. The molecule has 124 valence electrons. The van der Waals surface area contributed by atoms with E-state index in [1.165, 1.54) is 30.3 Å². The predicted molar refractivity (Wildman–Crippen MR) is 86.6 cm³/mol. The van der Waals surface area contributed by atoms with Gasteiger partial charge in [-0.3, -0.25) is 4.79 Å². The number of rotatable bonds is 3. The van der Waals surface area contributed by atoms with Gasteiger partial charge in [0.1, 0.15) is 0 Å². The summed E-state index contributed by atoms with van der Waals surface area (Å²) in [6, 6.07) is 5.54. The van der Waals surface area contributed by atoms with Crippen molar-refractivity contribution in [3.63, 3.8) is 0 Å². The number of fused-ring (bicyclic) bond motifs is 1. The number of ketones is 1. The van der Waals surface area contributed by atoms with Gasteiger partial charge in [0.15, 0.2) is 23.0 Å². The second-order valence-electron chi connectivity index (χ2n) is 5.19. The highest BCUT2D eigenvalue weighted by Crippen LogP contribution is 2.46. The maximum Gasteiger partial charge on any atom is 0.215 e. The first kappa shape index (κ1) is 15.5. The third-order valence-corrected chi connectivity index (χ3v) is 3.59. The molecule has 7 nitrogen and oxygen atoms in total. The van der Waals surface area contributed by atoms with Crippen LogP contribution in [0.3, 0.4) is 0 Å². The Hall–Kier alpha value is -3.35. The van der Waals surface area contributed by atoms with E-state index in [9.17, 15) is 25.2 Å². The largest absolute Gasteiger partial charge is 0.504 e.